The van der Waals surface area contributed by atoms with Gasteiger partial charge in [0.25, 0.3) is 5.91 Å². The van der Waals surface area contributed by atoms with E-state index in [9.17, 15) is 27.2 Å². The van der Waals surface area contributed by atoms with Crippen LogP contribution >= 0.6 is 0 Å². The lowest BCUT2D eigenvalue weighted by Crippen LogP contribution is -2.46. The van der Waals surface area contributed by atoms with Gasteiger partial charge in [0.1, 0.15) is 12.5 Å². The summed E-state index contributed by atoms with van der Waals surface area (Å²) in [7, 11) is 0. The van der Waals surface area contributed by atoms with E-state index >= 15 is 0 Å². The molecule has 3 heterocycles. The lowest BCUT2D eigenvalue weighted by molar-refractivity contribution is -0.137. The third-order valence-corrected chi connectivity index (χ3v) is 6.21. The van der Waals surface area contributed by atoms with Gasteiger partial charge in [0.15, 0.2) is 0 Å². The summed E-state index contributed by atoms with van der Waals surface area (Å²) in [5.74, 6) is -1.07. The van der Waals surface area contributed by atoms with Gasteiger partial charge in [0, 0.05) is 36.5 Å². The number of rotatable bonds is 0. The second-order valence-electron chi connectivity index (χ2n) is 8.35. The fourth-order valence-corrected chi connectivity index (χ4v) is 4.53. The first-order chi connectivity index (χ1) is 16.1. The SMILES string of the molecule is C[C@@H]1NCCc2[nH]c(=O)ccc2N2CN(c3ccc(C(F)(F)F)cc3C2=O)c2ccc(F)cc21. The predicted octanol–water partition coefficient (Wildman–Crippen LogP) is 4.50. The molecule has 3 aromatic rings. The maximum atomic E-state index is 14.2. The summed E-state index contributed by atoms with van der Waals surface area (Å²) in [5, 5.41) is 3.30. The predicted molar refractivity (Wildman–Crippen MR) is 119 cm³/mol. The maximum absolute atomic E-state index is 14.2. The number of pyridine rings is 1. The Hall–Kier alpha value is -3.66. The number of hydrogen-bond acceptors (Lipinski definition) is 4. The van der Waals surface area contributed by atoms with Crippen molar-refractivity contribution in [1.29, 1.82) is 0 Å². The molecule has 0 spiro atoms. The van der Waals surface area contributed by atoms with E-state index in [0.29, 0.717) is 41.3 Å². The fourth-order valence-electron chi connectivity index (χ4n) is 4.53. The average Bonchev–Trinajstić information content (AvgIpc) is 2.80. The van der Waals surface area contributed by atoms with Crippen molar-refractivity contribution in [3.8, 4) is 0 Å². The molecule has 0 fully saturated rings. The molecule has 2 aliphatic heterocycles. The number of hydrogen-bond donors (Lipinski definition) is 2. The summed E-state index contributed by atoms with van der Waals surface area (Å²) >= 11 is 0. The summed E-state index contributed by atoms with van der Waals surface area (Å²) in [6.07, 6.45) is -4.28. The van der Waals surface area contributed by atoms with Gasteiger partial charge in [-0.1, -0.05) is 0 Å². The summed E-state index contributed by atoms with van der Waals surface area (Å²) in [6.45, 7) is 2.24. The highest BCUT2D eigenvalue weighted by molar-refractivity contribution is 6.13. The van der Waals surface area contributed by atoms with Gasteiger partial charge in [0.2, 0.25) is 5.56 Å². The van der Waals surface area contributed by atoms with E-state index in [0.717, 1.165) is 12.1 Å². The molecule has 0 radical (unpaired) electrons. The van der Waals surface area contributed by atoms with Gasteiger partial charge in [-0.15, -0.1) is 0 Å². The third kappa shape index (κ3) is 3.73. The number of halogens is 4. The van der Waals surface area contributed by atoms with Crippen LogP contribution in [0.3, 0.4) is 0 Å². The van der Waals surface area contributed by atoms with Crippen molar-refractivity contribution < 1.29 is 22.4 Å². The molecular formula is C24H20F4N4O2. The summed E-state index contributed by atoms with van der Waals surface area (Å²) < 4.78 is 54.7. The molecule has 0 aliphatic carbocycles. The van der Waals surface area contributed by atoms with E-state index in [1.807, 2.05) is 6.92 Å². The zero-order chi connectivity index (χ0) is 24.2. The van der Waals surface area contributed by atoms with Crippen LogP contribution in [0.5, 0.6) is 0 Å². The number of aromatic nitrogens is 1. The van der Waals surface area contributed by atoms with Crippen LogP contribution in [0.2, 0.25) is 0 Å². The molecule has 5 rings (SSSR count). The number of amides is 1. The number of nitrogens with zero attached hydrogens (tertiary/aromatic N) is 2. The molecule has 2 N–H and O–H groups in total. The van der Waals surface area contributed by atoms with Gasteiger partial charge in [0.05, 0.1) is 22.5 Å². The molecule has 0 saturated carbocycles. The number of aromatic amines is 1. The summed E-state index contributed by atoms with van der Waals surface area (Å²) in [4.78, 5) is 31.3. The van der Waals surface area contributed by atoms with Crippen LogP contribution in [-0.2, 0) is 12.6 Å². The molecule has 2 aromatic carbocycles. The lowest BCUT2D eigenvalue weighted by atomic mass is 10.00. The standard InChI is InChI=1S/C24H20F4N4O2/c1-13-16-11-15(25)3-5-19(16)31-12-32(21-6-7-22(33)30-18(21)8-9-29-13)23(34)17-10-14(24(26,27)28)2-4-20(17)31/h2-7,10-11,13,29H,8-9,12H2,1H3,(H,30,33)/t13-/m0/s1. The van der Waals surface area contributed by atoms with Crippen LogP contribution < -0.4 is 20.7 Å². The van der Waals surface area contributed by atoms with Crippen LogP contribution in [0.25, 0.3) is 0 Å². The highest BCUT2D eigenvalue weighted by Crippen LogP contribution is 2.42. The number of carbonyl (C=O) groups is 1. The molecular weight excluding hydrogens is 452 g/mol. The van der Waals surface area contributed by atoms with E-state index in [4.69, 9.17) is 0 Å². The lowest BCUT2D eigenvalue weighted by Gasteiger charge is -2.39. The van der Waals surface area contributed by atoms with E-state index in [2.05, 4.69) is 10.3 Å². The molecule has 10 heteroatoms. The molecule has 1 aromatic heterocycles. The van der Waals surface area contributed by atoms with E-state index in [1.54, 1.807) is 11.0 Å². The number of alkyl halides is 3. The van der Waals surface area contributed by atoms with Crippen molar-refractivity contribution in [2.24, 2.45) is 0 Å². The second kappa shape index (κ2) is 7.98. The highest BCUT2D eigenvalue weighted by Gasteiger charge is 2.38. The maximum Gasteiger partial charge on any atom is 0.416 e. The Morgan fingerprint density at radius 2 is 1.68 bits per heavy atom. The molecule has 1 amide bonds. The molecule has 176 valence electrons. The zero-order valence-corrected chi connectivity index (χ0v) is 18.0. The van der Waals surface area contributed by atoms with Gasteiger partial charge >= 0.3 is 6.18 Å². The van der Waals surface area contributed by atoms with E-state index < -0.39 is 23.5 Å². The van der Waals surface area contributed by atoms with Gasteiger partial charge in [-0.25, -0.2) is 4.39 Å². The van der Waals surface area contributed by atoms with Gasteiger partial charge in [-0.3, -0.25) is 14.5 Å². The van der Waals surface area contributed by atoms with Crippen LogP contribution in [0.15, 0.2) is 53.3 Å². The van der Waals surface area contributed by atoms with Crippen molar-refractivity contribution in [2.45, 2.75) is 25.6 Å². The largest absolute Gasteiger partial charge is 0.416 e. The first-order valence-corrected chi connectivity index (χ1v) is 10.7. The number of benzene rings is 2. The van der Waals surface area contributed by atoms with Gasteiger partial charge in [-0.05, 0) is 55.0 Å². The molecule has 6 nitrogen and oxygen atoms in total. The van der Waals surface area contributed by atoms with E-state index in [-0.39, 0.29) is 23.8 Å². The Balaban J connectivity index is 1.78. The number of fused-ring (bicyclic) bond motifs is 8. The van der Waals surface area contributed by atoms with Crippen molar-refractivity contribution >= 4 is 23.0 Å². The number of H-pyrrole nitrogens is 1. The van der Waals surface area contributed by atoms with E-state index in [1.165, 1.54) is 35.2 Å². The highest BCUT2D eigenvalue weighted by atomic mass is 19.4. The number of carbonyl (C=O) groups excluding carboxylic acids is 1. The Morgan fingerprint density at radius 1 is 0.941 bits per heavy atom. The Kier molecular flexibility index (Phi) is 5.20. The third-order valence-electron chi connectivity index (χ3n) is 6.21. The van der Waals surface area contributed by atoms with Crippen molar-refractivity contribution in [3.05, 3.63) is 87.1 Å². The van der Waals surface area contributed by atoms with Gasteiger partial charge < -0.3 is 15.2 Å². The summed E-state index contributed by atoms with van der Waals surface area (Å²) in [6, 6.07) is 9.72. The number of anilines is 3. The van der Waals surface area contributed by atoms with Crippen LogP contribution in [0.1, 0.15) is 40.1 Å². The Labute approximate surface area is 191 Å². The average molecular weight is 472 g/mol. The monoisotopic (exact) mass is 472 g/mol. The Bertz CT molecular complexity index is 1350. The minimum atomic E-state index is -4.63. The summed E-state index contributed by atoms with van der Waals surface area (Å²) in [5.41, 5.74) is 0.904. The fraction of sp³-hybridized carbons (Fsp3) is 0.250. The molecule has 34 heavy (non-hydrogen) atoms. The van der Waals surface area contributed by atoms with Crippen LogP contribution in [-0.4, -0.2) is 24.1 Å². The first-order valence-electron chi connectivity index (χ1n) is 10.7. The van der Waals surface area contributed by atoms with Gasteiger partial charge in [-0.2, -0.15) is 13.2 Å². The van der Waals surface area contributed by atoms with Crippen molar-refractivity contribution in [3.63, 3.8) is 0 Å². The molecule has 2 bridgehead atoms. The van der Waals surface area contributed by atoms with Crippen molar-refractivity contribution in [1.82, 2.24) is 10.3 Å². The normalized spacial score (nSPS) is 18.0. The smallest absolute Gasteiger partial charge is 0.324 e. The van der Waals surface area contributed by atoms with Crippen molar-refractivity contribution in [2.75, 3.05) is 23.0 Å². The molecule has 1 atom stereocenters. The first kappa shape index (κ1) is 22.1. The second-order valence-corrected chi connectivity index (χ2v) is 8.35. The topological polar surface area (TPSA) is 68.4 Å². The zero-order valence-electron chi connectivity index (χ0n) is 18.0. The van der Waals surface area contributed by atoms with Crippen LogP contribution in [0.4, 0.5) is 34.6 Å². The minimum Gasteiger partial charge on any atom is -0.324 e. The minimum absolute atomic E-state index is 0.0262. The number of nitrogens with one attached hydrogen (secondary N) is 2. The molecule has 0 unspecified atom stereocenters. The molecule has 2 aliphatic rings. The quantitative estimate of drug-likeness (QED) is 0.473. The Morgan fingerprint density at radius 3 is 2.44 bits per heavy atom. The van der Waals surface area contributed by atoms with Crippen LogP contribution in [0, 0.1) is 5.82 Å². The molecule has 0 saturated heterocycles.